The normalized spacial score (nSPS) is 15.4. The number of carbonyl (C=O) groups is 1. The van der Waals surface area contributed by atoms with Gasteiger partial charge in [-0.3, -0.25) is 0 Å². The van der Waals surface area contributed by atoms with Gasteiger partial charge in [-0.05, 0) is 82.2 Å². The van der Waals surface area contributed by atoms with E-state index in [-0.39, 0.29) is 22.1 Å². The number of amides is 1. The number of nitrogens with zero attached hydrogens (tertiary/aromatic N) is 5. The van der Waals surface area contributed by atoms with Crippen LogP contribution in [0.3, 0.4) is 0 Å². The third-order valence-corrected chi connectivity index (χ3v) is 11.0. The van der Waals surface area contributed by atoms with Crippen molar-refractivity contribution in [2.75, 3.05) is 18.4 Å². The number of sulfone groups is 1. The van der Waals surface area contributed by atoms with Crippen molar-refractivity contribution >= 4 is 44.0 Å². The highest BCUT2D eigenvalue weighted by Crippen LogP contribution is 2.38. The molecule has 1 aliphatic rings. The Bertz CT molecular complexity index is 2080. The smallest absolute Gasteiger partial charge is 0.410 e. The summed E-state index contributed by atoms with van der Waals surface area (Å²) in [5, 5.41) is 5.65. The Morgan fingerprint density at radius 2 is 1.85 bits per heavy atom. The summed E-state index contributed by atoms with van der Waals surface area (Å²) in [6.45, 7) is 10.4. The molecule has 0 saturated carbocycles. The molecule has 1 N–H and O–H groups in total. The number of anilines is 1. The second-order valence-electron chi connectivity index (χ2n) is 12.8. The Morgan fingerprint density at radius 1 is 1.02 bits per heavy atom. The van der Waals surface area contributed by atoms with Crippen LogP contribution < -0.4 is 10.1 Å². The van der Waals surface area contributed by atoms with Gasteiger partial charge >= 0.3 is 6.09 Å². The summed E-state index contributed by atoms with van der Waals surface area (Å²) < 4.78 is 38.9. The molecule has 4 heterocycles. The maximum Gasteiger partial charge on any atom is 0.410 e. The SMILES string of the molecule is Cc1ncc(S(=O)(=O)Cc2cccc3c(Oc4ncccc4-c4ccnc(N[C@H]5CCCN(C(=O)OC(C)(C)C)C5)n4)c(C)ccc23)s1. The summed E-state index contributed by atoms with van der Waals surface area (Å²) in [4.78, 5) is 32.3. The largest absolute Gasteiger partial charge is 0.444 e. The molecule has 11 nitrogen and oxygen atoms in total. The van der Waals surface area contributed by atoms with Crippen LogP contribution in [0.5, 0.6) is 11.6 Å². The van der Waals surface area contributed by atoms with Gasteiger partial charge in [0.1, 0.15) is 15.6 Å². The third-order valence-electron chi connectivity index (χ3n) is 7.86. The second-order valence-corrected chi connectivity index (χ2v) is 16.3. The Morgan fingerprint density at radius 3 is 2.62 bits per heavy atom. The number of nitrogens with one attached hydrogen (secondary N) is 1. The topological polar surface area (TPSA) is 136 Å². The summed E-state index contributed by atoms with van der Waals surface area (Å²) >= 11 is 1.17. The van der Waals surface area contributed by atoms with Gasteiger partial charge < -0.3 is 19.7 Å². The Labute approximate surface area is 284 Å². The van der Waals surface area contributed by atoms with Gasteiger partial charge in [0.05, 0.1) is 28.2 Å². The first-order valence-electron chi connectivity index (χ1n) is 15.7. The van der Waals surface area contributed by atoms with Crippen LogP contribution in [-0.4, -0.2) is 64.1 Å². The molecular weight excluding hydrogens is 649 g/mol. The molecule has 6 rings (SSSR count). The molecule has 1 fully saturated rings. The lowest BCUT2D eigenvalue weighted by Gasteiger charge is -2.34. The highest BCUT2D eigenvalue weighted by molar-refractivity contribution is 7.92. The van der Waals surface area contributed by atoms with Crippen LogP contribution in [0.4, 0.5) is 10.7 Å². The van der Waals surface area contributed by atoms with E-state index in [0.717, 1.165) is 29.2 Å². The van der Waals surface area contributed by atoms with E-state index in [1.165, 1.54) is 17.5 Å². The van der Waals surface area contributed by atoms with Crippen molar-refractivity contribution in [3.8, 4) is 22.9 Å². The van der Waals surface area contributed by atoms with Crippen LogP contribution in [-0.2, 0) is 20.3 Å². The number of fused-ring (bicyclic) bond motifs is 1. The minimum Gasteiger partial charge on any atom is -0.444 e. The summed E-state index contributed by atoms with van der Waals surface area (Å²) in [6.07, 6.45) is 6.12. The van der Waals surface area contributed by atoms with Gasteiger partial charge in [0.2, 0.25) is 11.8 Å². The maximum absolute atomic E-state index is 13.2. The first kappa shape index (κ1) is 33.3. The molecule has 0 aliphatic carbocycles. The van der Waals surface area contributed by atoms with E-state index in [1.807, 2.05) is 70.2 Å². The number of hydrogen-bond donors (Lipinski definition) is 1. The molecule has 0 bridgehead atoms. The molecule has 0 radical (unpaired) electrons. The van der Waals surface area contributed by atoms with Crippen molar-refractivity contribution in [1.29, 1.82) is 0 Å². The lowest BCUT2D eigenvalue weighted by Crippen LogP contribution is -2.47. The van der Waals surface area contributed by atoms with E-state index >= 15 is 0 Å². The van der Waals surface area contributed by atoms with Crippen molar-refractivity contribution in [3.05, 3.63) is 83.3 Å². The predicted molar refractivity (Wildman–Crippen MR) is 186 cm³/mol. The Balaban J connectivity index is 1.25. The van der Waals surface area contributed by atoms with Gasteiger partial charge in [0, 0.05) is 36.9 Å². The van der Waals surface area contributed by atoms with E-state index in [9.17, 15) is 13.2 Å². The fourth-order valence-corrected chi connectivity index (χ4v) is 8.20. The van der Waals surface area contributed by atoms with E-state index in [1.54, 1.807) is 30.3 Å². The zero-order chi connectivity index (χ0) is 34.1. The third kappa shape index (κ3) is 7.57. The molecule has 13 heteroatoms. The quantitative estimate of drug-likeness (QED) is 0.177. The summed E-state index contributed by atoms with van der Waals surface area (Å²) in [7, 11) is -3.58. The number of pyridine rings is 1. The van der Waals surface area contributed by atoms with Crippen LogP contribution in [0.25, 0.3) is 22.0 Å². The molecule has 0 unspecified atom stereocenters. The average Bonchev–Trinajstić information content (AvgIpc) is 3.49. The number of carbonyl (C=O) groups excluding carboxylic acids is 1. The number of piperidine rings is 1. The van der Waals surface area contributed by atoms with Crippen molar-refractivity contribution in [1.82, 2.24) is 24.8 Å². The molecule has 250 valence electrons. The second kappa shape index (κ2) is 13.5. The van der Waals surface area contributed by atoms with Crippen LogP contribution >= 0.6 is 11.3 Å². The van der Waals surface area contributed by atoms with E-state index in [0.29, 0.717) is 52.5 Å². The van der Waals surface area contributed by atoms with Gasteiger partial charge in [-0.25, -0.2) is 33.1 Å². The monoisotopic (exact) mass is 686 g/mol. The fraction of sp³-hybridized carbons (Fsp3) is 0.343. The van der Waals surface area contributed by atoms with Gasteiger partial charge in [0.25, 0.3) is 0 Å². The molecule has 1 atom stereocenters. The Hall–Kier alpha value is -4.62. The minimum absolute atomic E-state index is 0.0393. The highest BCUT2D eigenvalue weighted by Gasteiger charge is 2.28. The molecule has 5 aromatic rings. The van der Waals surface area contributed by atoms with E-state index < -0.39 is 15.4 Å². The number of ether oxygens (including phenoxy) is 2. The maximum atomic E-state index is 13.2. The van der Waals surface area contributed by atoms with Crippen LogP contribution in [0.15, 0.2) is 71.3 Å². The number of hydrogen-bond acceptors (Lipinski definition) is 11. The first-order chi connectivity index (χ1) is 22.9. The van der Waals surface area contributed by atoms with Crippen molar-refractivity contribution < 1.29 is 22.7 Å². The first-order valence-corrected chi connectivity index (χ1v) is 18.2. The minimum atomic E-state index is -3.58. The number of benzene rings is 2. The highest BCUT2D eigenvalue weighted by atomic mass is 32.2. The molecule has 0 spiro atoms. The van der Waals surface area contributed by atoms with Crippen molar-refractivity contribution in [3.63, 3.8) is 0 Å². The number of likely N-dealkylation sites (tertiary alicyclic amines) is 1. The zero-order valence-corrected chi connectivity index (χ0v) is 29.2. The standard InChI is InChI=1S/C35H38N6O5S2/c1-22-13-14-26-24(21-48(43,44)30-19-38-23(2)47-30)9-6-11-27(26)31(22)45-32-28(12-7-16-36-32)29-15-17-37-33(40-29)39-25-10-8-18-41(20-25)34(42)46-35(3,4)5/h6-7,9,11-17,19,25H,8,10,18,20-21H2,1-5H3,(H,37,39,40)/t25-/m0/s1. The molecule has 2 aromatic carbocycles. The predicted octanol–water partition coefficient (Wildman–Crippen LogP) is 7.34. The molecular formula is C35H38N6O5S2. The van der Waals surface area contributed by atoms with Gasteiger partial charge in [-0.1, -0.05) is 30.3 Å². The number of aryl methyl sites for hydroxylation is 2. The summed E-state index contributed by atoms with van der Waals surface area (Å²) in [5.74, 6) is 1.21. The van der Waals surface area contributed by atoms with Gasteiger partial charge in [-0.15, -0.1) is 11.3 Å². The van der Waals surface area contributed by atoms with E-state index in [2.05, 4.69) is 20.3 Å². The lowest BCUT2D eigenvalue weighted by atomic mass is 10.0. The van der Waals surface area contributed by atoms with Crippen LogP contribution in [0.2, 0.25) is 0 Å². The van der Waals surface area contributed by atoms with Crippen molar-refractivity contribution in [2.24, 2.45) is 0 Å². The van der Waals surface area contributed by atoms with Crippen molar-refractivity contribution in [2.45, 2.75) is 69.1 Å². The van der Waals surface area contributed by atoms with Crippen LogP contribution in [0.1, 0.15) is 49.7 Å². The van der Waals surface area contributed by atoms with E-state index in [4.69, 9.17) is 14.5 Å². The van der Waals surface area contributed by atoms with Gasteiger partial charge in [0.15, 0.2) is 9.84 Å². The lowest BCUT2D eigenvalue weighted by molar-refractivity contribution is 0.0206. The number of rotatable bonds is 8. The molecule has 48 heavy (non-hydrogen) atoms. The summed E-state index contributed by atoms with van der Waals surface area (Å²) in [6, 6.07) is 14.9. The zero-order valence-electron chi connectivity index (χ0n) is 27.6. The average molecular weight is 687 g/mol. The molecule has 1 amide bonds. The van der Waals surface area contributed by atoms with Crippen LogP contribution in [0, 0.1) is 13.8 Å². The molecule has 1 saturated heterocycles. The summed E-state index contributed by atoms with van der Waals surface area (Å²) in [5.41, 5.74) is 2.25. The van der Waals surface area contributed by atoms with Gasteiger partial charge in [-0.2, -0.15) is 0 Å². The number of thiazole rings is 1. The number of aromatic nitrogens is 4. The fourth-order valence-electron chi connectivity index (χ4n) is 5.64. The molecule has 3 aromatic heterocycles. The molecule has 1 aliphatic heterocycles. The Kier molecular flexibility index (Phi) is 9.35.